The number of aryl methyl sites for hydroxylation is 1. The van der Waals surface area contributed by atoms with Gasteiger partial charge < -0.3 is 14.4 Å². The summed E-state index contributed by atoms with van der Waals surface area (Å²) in [6.45, 7) is 6.02. The van der Waals surface area contributed by atoms with Crippen molar-refractivity contribution in [2.24, 2.45) is 0 Å². The number of H-pyrrole nitrogens is 1. The van der Waals surface area contributed by atoms with E-state index in [1.807, 2.05) is 19.1 Å². The van der Waals surface area contributed by atoms with Crippen LogP contribution in [0.25, 0.3) is 33.2 Å². The zero-order valence-electron chi connectivity index (χ0n) is 22.4. The molecule has 0 saturated carbocycles. The van der Waals surface area contributed by atoms with Crippen LogP contribution in [0.15, 0.2) is 18.3 Å². The van der Waals surface area contributed by atoms with Crippen LogP contribution < -0.4 is 9.64 Å². The summed E-state index contributed by atoms with van der Waals surface area (Å²) in [5.74, 6) is 0.0841. The first-order valence-corrected chi connectivity index (χ1v) is 14.6. The highest BCUT2D eigenvalue weighted by molar-refractivity contribution is 6.37. The van der Waals surface area contributed by atoms with Crippen molar-refractivity contribution in [3.05, 3.63) is 34.7 Å². The fourth-order valence-corrected chi connectivity index (χ4v) is 7.54. The van der Waals surface area contributed by atoms with Crippen molar-refractivity contribution in [1.29, 1.82) is 0 Å². The van der Waals surface area contributed by atoms with E-state index in [0.717, 1.165) is 49.9 Å². The Morgan fingerprint density at radius 2 is 1.90 bits per heavy atom. The van der Waals surface area contributed by atoms with E-state index >= 15 is 4.39 Å². The lowest BCUT2D eigenvalue weighted by Crippen LogP contribution is -2.44. The standard InChI is InChI=1S/C29H31ClFN7O2/c1-16-4-7-20-21(22(16)30)25(36-35-20)26-23(31)24-19(12-32-26)27(37-13-17-5-6-18(14-37)40-17)34-28(33-24)39-15-29-8-2-10-38(29)11-3-9-29/h4,7,12,17-18H,2-3,5-6,8-11,13-15H2,1H3,(H,35,36). The number of hydrogen-bond donors (Lipinski definition) is 1. The number of halogens is 2. The van der Waals surface area contributed by atoms with Gasteiger partial charge in [-0.25, -0.2) is 4.39 Å². The first-order valence-electron chi connectivity index (χ1n) is 14.3. The third-order valence-electron chi connectivity index (χ3n) is 9.35. The summed E-state index contributed by atoms with van der Waals surface area (Å²) in [7, 11) is 0. The van der Waals surface area contributed by atoms with Gasteiger partial charge in [-0.15, -0.1) is 0 Å². The van der Waals surface area contributed by atoms with E-state index in [1.165, 1.54) is 12.8 Å². The van der Waals surface area contributed by atoms with Crippen LogP contribution in [-0.2, 0) is 4.74 Å². The van der Waals surface area contributed by atoms with Crippen molar-refractivity contribution in [1.82, 2.24) is 30.0 Å². The van der Waals surface area contributed by atoms with E-state index in [0.29, 0.717) is 47.0 Å². The van der Waals surface area contributed by atoms with Crippen molar-refractivity contribution < 1.29 is 13.9 Å². The molecule has 4 aliphatic heterocycles. The molecule has 0 spiro atoms. The topological polar surface area (TPSA) is 92.3 Å². The first kappa shape index (κ1) is 24.7. The lowest BCUT2D eigenvalue weighted by atomic mass is 9.95. The molecule has 2 atom stereocenters. The lowest BCUT2D eigenvalue weighted by molar-refractivity contribution is 0.0302. The maximum absolute atomic E-state index is 16.5. The molecule has 1 aromatic carbocycles. The second-order valence-electron chi connectivity index (χ2n) is 11.8. The highest BCUT2D eigenvalue weighted by Crippen LogP contribution is 2.41. The van der Waals surface area contributed by atoms with Gasteiger partial charge in [0.1, 0.15) is 29.3 Å². The minimum absolute atomic E-state index is 0.0288. The van der Waals surface area contributed by atoms with Crippen LogP contribution in [0.5, 0.6) is 6.01 Å². The van der Waals surface area contributed by atoms with E-state index in [2.05, 4.69) is 30.0 Å². The molecule has 0 radical (unpaired) electrons. The molecule has 8 rings (SSSR count). The third kappa shape index (κ3) is 3.79. The Morgan fingerprint density at radius 1 is 1.12 bits per heavy atom. The summed E-state index contributed by atoms with van der Waals surface area (Å²) < 4.78 is 28.9. The summed E-state index contributed by atoms with van der Waals surface area (Å²) in [5.41, 5.74) is 2.27. The van der Waals surface area contributed by atoms with E-state index in [-0.39, 0.29) is 35.0 Å². The quantitative estimate of drug-likeness (QED) is 0.361. The number of aromatic amines is 1. The molecule has 4 aliphatic rings. The van der Waals surface area contributed by atoms with E-state index in [4.69, 9.17) is 26.1 Å². The molecule has 4 aromatic rings. The van der Waals surface area contributed by atoms with E-state index in [9.17, 15) is 0 Å². The fourth-order valence-electron chi connectivity index (χ4n) is 7.29. The van der Waals surface area contributed by atoms with Crippen LogP contribution in [0.4, 0.5) is 10.2 Å². The van der Waals surface area contributed by atoms with Crippen LogP contribution in [0, 0.1) is 12.7 Å². The molecule has 1 N–H and O–H groups in total. The molecule has 3 aromatic heterocycles. The summed E-state index contributed by atoms with van der Waals surface area (Å²) in [4.78, 5) is 18.8. The van der Waals surface area contributed by atoms with Gasteiger partial charge in [-0.1, -0.05) is 17.7 Å². The van der Waals surface area contributed by atoms with Gasteiger partial charge >= 0.3 is 6.01 Å². The smallest absolute Gasteiger partial charge is 0.319 e. The number of rotatable bonds is 5. The van der Waals surface area contributed by atoms with Crippen LogP contribution in [0.1, 0.15) is 44.1 Å². The Morgan fingerprint density at radius 3 is 2.67 bits per heavy atom. The summed E-state index contributed by atoms with van der Waals surface area (Å²) in [5, 5.41) is 9.09. The van der Waals surface area contributed by atoms with Gasteiger partial charge in [0.25, 0.3) is 0 Å². The highest BCUT2D eigenvalue weighted by Gasteiger charge is 2.45. The van der Waals surface area contributed by atoms with Gasteiger partial charge in [-0.2, -0.15) is 15.1 Å². The first-order chi connectivity index (χ1) is 19.5. The van der Waals surface area contributed by atoms with E-state index < -0.39 is 5.82 Å². The number of ether oxygens (including phenoxy) is 2. The van der Waals surface area contributed by atoms with Crippen molar-refractivity contribution in [2.45, 2.75) is 63.2 Å². The van der Waals surface area contributed by atoms with Crippen molar-refractivity contribution in [3.63, 3.8) is 0 Å². The zero-order valence-corrected chi connectivity index (χ0v) is 23.2. The second-order valence-corrected chi connectivity index (χ2v) is 12.2. The summed E-state index contributed by atoms with van der Waals surface area (Å²) in [6.07, 6.45) is 8.56. The van der Waals surface area contributed by atoms with Crippen molar-refractivity contribution in [3.8, 4) is 17.4 Å². The number of nitrogens with zero attached hydrogens (tertiary/aromatic N) is 6. The van der Waals surface area contributed by atoms with Crippen LogP contribution in [0.2, 0.25) is 5.02 Å². The predicted octanol–water partition coefficient (Wildman–Crippen LogP) is 5.04. The highest BCUT2D eigenvalue weighted by atomic mass is 35.5. The molecule has 40 heavy (non-hydrogen) atoms. The van der Waals surface area contributed by atoms with Crippen molar-refractivity contribution in [2.75, 3.05) is 37.7 Å². The molecule has 0 aliphatic carbocycles. The lowest BCUT2D eigenvalue weighted by Gasteiger charge is -2.34. The van der Waals surface area contributed by atoms with Crippen LogP contribution in [-0.4, -0.2) is 80.6 Å². The van der Waals surface area contributed by atoms with Crippen LogP contribution >= 0.6 is 11.6 Å². The number of pyridine rings is 1. The molecule has 2 bridgehead atoms. The molecular weight excluding hydrogens is 533 g/mol. The third-order valence-corrected chi connectivity index (χ3v) is 9.84. The summed E-state index contributed by atoms with van der Waals surface area (Å²) >= 11 is 6.65. The van der Waals surface area contributed by atoms with E-state index in [1.54, 1.807) is 6.20 Å². The number of morpholine rings is 1. The molecule has 0 amide bonds. The monoisotopic (exact) mass is 563 g/mol. The Bertz CT molecular complexity index is 1620. The second kappa shape index (κ2) is 9.22. The number of anilines is 1. The number of benzene rings is 1. The maximum Gasteiger partial charge on any atom is 0.319 e. The molecule has 4 fully saturated rings. The molecule has 2 unspecified atom stereocenters. The Kier molecular flexibility index (Phi) is 5.69. The van der Waals surface area contributed by atoms with Gasteiger partial charge in [0.15, 0.2) is 5.82 Å². The molecule has 11 heteroatoms. The minimum atomic E-state index is -0.560. The van der Waals surface area contributed by atoms with Gasteiger partial charge in [-0.3, -0.25) is 15.0 Å². The fraction of sp³-hybridized carbons (Fsp3) is 0.517. The average Bonchev–Trinajstić information content (AvgIpc) is 3.73. The number of aromatic nitrogens is 5. The molecule has 208 valence electrons. The van der Waals surface area contributed by atoms with Gasteiger partial charge in [-0.05, 0) is 70.2 Å². The van der Waals surface area contributed by atoms with Gasteiger partial charge in [0, 0.05) is 24.7 Å². The predicted molar refractivity (Wildman–Crippen MR) is 151 cm³/mol. The summed E-state index contributed by atoms with van der Waals surface area (Å²) in [6, 6.07) is 4.00. The number of fused-ring (bicyclic) bond motifs is 5. The Hall–Kier alpha value is -3.08. The minimum Gasteiger partial charge on any atom is -0.461 e. The maximum atomic E-state index is 16.5. The zero-order chi connectivity index (χ0) is 27.0. The van der Waals surface area contributed by atoms with Gasteiger partial charge in [0.05, 0.1) is 33.7 Å². The largest absolute Gasteiger partial charge is 0.461 e. The Labute approximate surface area is 236 Å². The molecule has 7 heterocycles. The van der Waals surface area contributed by atoms with Crippen LogP contribution in [0.3, 0.4) is 0 Å². The Balaban J connectivity index is 1.25. The average molecular weight is 564 g/mol. The van der Waals surface area contributed by atoms with Crippen molar-refractivity contribution >= 4 is 39.2 Å². The van der Waals surface area contributed by atoms with Gasteiger partial charge in [0.2, 0.25) is 0 Å². The number of hydrogen-bond acceptors (Lipinski definition) is 8. The number of nitrogens with one attached hydrogen (secondary N) is 1. The SMILES string of the molecule is Cc1ccc2[nH]nc(-c3ncc4c(N5CC6CCC(C5)O6)nc(OCC56CCCN5CCC6)nc4c3F)c2c1Cl. The molecular formula is C29H31ClFN7O2. The molecule has 9 nitrogen and oxygen atoms in total. The molecule has 4 saturated heterocycles. The normalized spacial score (nSPS) is 23.9.